The monoisotopic (exact) mass is 365 g/mol. The van der Waals surface area contributed by atoms with Gasteiger partial charge in [-0.1, -0.05) is 18.9 Å². The van der Waals surface area contributed by atoms with E-state index in [1.807, 2.05) is 11.9 Å². The summed E-state index contributed by atoms with van der Waals surface area (Å²) in [5.74, 6) is -0.0873. The zero-order valence-electron chi connectivity index (χ0n) is 14.7. The Hall–Kier alpha value is -1.44. The molecule has 0 radical (unpaired) electrons. The Morgan fingerprint density at radius 2 is 1.96 bits per heavy atom. The van der Waals surface area contributed by atoms with E-state index in [0.29, 0.717) is 5.56 Å². The molecular weight excluding hydrogens is 338 g/mol. The Morgan fingerprint density at radius 1 is 1.20 bits per heavy atom. The third kappa shape index (κ3) is 4.22. The number of likely N-dealkylation sites (N-methyl/N-ethyl adjacent to an activating group) is 1. The Balaban J connectivity index is 1.77. The predicted octanol–water partition coefficient (Wildman–Crippen LogP) is 1.73. The zero-order valence-corrected chi connectivity index (χ0v) is 15.5. The predicted molar refractivity (Wildman–Crippen MR) is 97.0 cm³/mol. The van der Waals surface area contributed by atoms with Gasteiger partial charge in [0.05, 0.1) is 4.90 Å². The van der Waals surface area contributed by atoms with E-state index in [0.717, 1.165) is 51.6 Å². The van der Waals surface area contributed by atoms with E-state index in [9.17, 15) is 13.2 Å². The lowest BCUT2D eigenvalue weighted by Gasteiger charge is -2.24. The van der Waals surface area contributed by atoms with E-state index in [2.05, 4.69) is 10.0 Å². The summed E-state index contributed by atoms with van der Waals surface area (Å²) in [6.07, 6.45) is 5.86. The molecule has 1 aliphatic carbocycles. The molecule has 7 heteroatoms. The number of carbonyl (C=O) groups is 1. The van der Waals surface area contributed by atoms with Crippen molar-refractivity contribution in [1.29, 1.82) is 0 Å². The second kappa shape index (κ2) is 7.85. The van der Waals surface area contributed by atoms with E-state index in [1.54, 1.807) is 18.2 Å². The highest BCUT2D eigenvalue weighted by molar-refractivity contribution is 7.89. The van der Waals surface area contributed by atoms with Crippen molar-refractivity contribution in [3.05, 3.63) is 29.8 Å². The SMILES string of the molecule is CNCC1CCCN1C(=O)c1cccc(S(=O)(=O)NC2CCCC2)c1. The molecule has 1 aliphatic heterocycles. The van der Waals surface area contributed by atoms with Crippen molar-refractivity contribution in [3.8, 4) is 0 Å². The van der Waals surface area contributed by atoms with Crippen LogP contribution in [0.1, 0.15) is 48.9 Å². The number of nitrogens with one attached hydrogen (secondary N) is 2. The number of hydrogen-bond acceptors (Lipinski definition) is 4. The highest BCUT2D eigenvalue weighted by atomic mass is 32.2. The van der Waals surface area contributed by atoms with Crippen LogP contribution in [-0.2, 0) is 10.0 Å². The molecule has 0 bridgehead atoms. The maximum absolute atomic E-state index is 12.8. The molecule has 1 aromatic carbocycles. The molecule has 3 rings (SSSR count). The van der Waals surface area contributed by atoms with Gasteiger partial charge in [-0.25, -0.2) is 13.1 Å². The summed E-state index contributed by atoms with van der Waals surface area (Å²) in [5.41, 5.74) is 0.442. The van der Waals surface area contributed by atoms with Gasteiger partial charge in [0.25, 0.3) is 5.91 Å². The largest absolute Gasteiger partial charge is 0.334 e. The number of benzene rings is 1. The van der Waals surface area contributed by atoms with Gasteiger partial charge >= 0.3 is 0 Å². The number of carbonyl (C=O) groups excluding carboxylic acids is 1. The van der Waals surface area contributed by atoms with E-state index in [1.165, 1.54) is 6.07 Å². The van der Waals surface area contributed by atoms with Crippen molar-refractivity contribution in [2.75, 3.05) is 20.1 Å². The van der Waals surface area contributed by atoms with Gasteiger partial charge in [0.2, 0.25) is 10.0 Å². The van der Waals surface area contributed by atoms with E-state index >= 15 is 0 Å². The number of rotatable bonds is 6. The molecule has 2 fully saturated rings. The molecule has 1 saturated heterocycles. The van der Waals surface area contributed by atoms with Crippen LogP contribution in [0, 0.1) is 0 Å². The molecule has 0 aromatic heterocycles. The molecule has 25 heavy (non-hydrogen) atoms. The van der Waals surface area contributed by atoms with Crippen LogP contribution in [-0.4, -0.2) is 51.4 Å². The topological polar surface area (TPSA) is 78.5 Å². The average molecular weight is 365 g/mol. The van der Waals surface area contributed by atoms with Gasteiger partial charge in [-0.3, -0.25) is 4.79 Å². The molecular formula is C18H27N3O3S. The second-order valence-corrected chi connectivity index (χ2v) is 8.70. The Bertz CT molecular complexity index is 714. The van der Waals surface area contributed by atoms with Crippen LogP contribution in [0.4, 0.5) is 0 Å². The van der Waals surface area contributed by atoms with Crippen LogP contribution in [0.25, 0.3) is 0 Å². The van der Waals surface area contributed by atoms with Gasteiger partial charge in [-0.05, 0) is 50.9 Å². The lowest BCUT2D eigenvalue weighted by molar-refractivity contribution is 0.0737. The summed E-state index contributed by atoms with van der Waals surface area (Å²) in [6, 6.07) is 6.61. The fourth-order valence-electron chi connectivity index (χ4n) is 3.84. The highest BCUT2D eigenvalue weighted by Crippen LogP contribution is 2.23. The Kier molecular flexibility index (Phi) is 5.76. The van der Waals surface area contributed by atoms with Crippen LogP contribution in [0.15, 0.2) is 29.2 Å². The normalized spacial score (nSPS) is 21.8. The number of likely N-dealkylation sites (tertiary alicyclic amines) is 1. The van der Waals surface area contributed by atoms with Crippen molar-refractivity contribution in [2.45, 2.75) is 55.5 Å². The first kappa shape index (κ1) is 18.4. The van der Waals surface area contributed by atoms with Gasteiger partial charge in [0.15, 0.2) is 0 Å². The highest BCUT2D eigenvalue weighted by Gasteiger charge is 2.30. The summed E-state index contributed by atoms with van der Waals surface area (Å²) in [6.45, 7) is 1.48. The standard InChI is InChI=1S/C18H27N3O3S/c1-19-13-16-9-5-11-21(16)18(22)14-6-4-10-17(12-14)25(23,24)20-15-7-2-3-8-15/h4,6,10,12,15-16,19-20H,2-3,5,7-9,11,13H2,1H3. The summed E-state index contributed by atoms with van der Waals surface area (Å²) in [4.78, 5) is 14.9. The fraction of sp³-hybridized carbons (Fsp3) is 0.611. The summed E-state index contributed by atoms with van der Waals surface area (Å²) < 4.78 is 28.0. The number of sulfonamides is 1. The van der Waals surface area contributed by atoms with Gasteiger partial charge in [0.1, 0.15) is 0 Å². The minimum absolute atomic E-state index is 0.0166. The first-order valence-electron chi connectivity index (χ1n) is 9.09. The average Bonchev–Trinajstić information content (AvgIpc) is 3.26. The quantitative estimate of drug-likeness (QED) is 0.805. The molecule has 0 spiro atoms. The minimum atomic E-state index is -3.58. The van der Waals surface area contributed by atoms with E-state index in [-0.39, 0.29) is 22.9 Å². The van der Waals surface area contributed by atoms with Crippen LogP contribution >= 0.6 is 0 Å². The first-order chi connectivity index (χ1) is 12.0. The van der Waals surface area contributed by atoms with Crippen LogP contribution < -0.4 is 10.0 Å². The van der Waals surface area contributed by atoms with Crippen LogP contribution in [0.5, 0.6) is 0 Å². The smallest absolute Gasteiger partial charge is 0.254 e. The number of hydrogen-bond donors (Lipinski definition) is 2. The minimum Gasteiger partial charge on any atom is -0.334 e. The Morgan fingerprint density at radius 3 is 2.68 bits per heavy atom. The third-order valence-electron chi connectivity index (χ3n) is 5.15. The third-order valence-corrected chi connectivity index (χ3v) is 6.66. The molecule has 1 heterocycles. The van der Waals surface area contributed by atoms with Crippen LogP contribution in [0.3, 0.4) is 0 Å². The first-order valence-corrected chi connectivity index (χ1v) is 10.6. The van der Waals surface area contributed by atoms with Crippen molar-refractivity contribution >= 4 is 15.9 Å². The van der Waals surface area contributed by atoms with E-state index in [4.69, 9.17) is 0 Å². The number of nitrogens with zero attached hydrogens (tertiary/aromatic N) is 1. The fourth-order valence-corrected chi connectivity index (χ4v) is 5.19. The summed E-state index contributed by atoms with van der Waals surface area (Å²) in [7, 11) is -1.70. The van der Waals surface area contributed by atoms with Crippen molar-refractivity contribution in [3.63, 3.8) is 0 Å². The van der Waals surface area contributed by atoms with Gasteiger partial charge < -0.3 is 10.2 Å². The molecule has 1 amide bonds. The maximum Gasteiger partial charge on any atom is 0.254 e. The molecule has 1 unspecified atom stereocenters. The molecule has 138 valence electrons. The molecule has 1 saturated carbocycles. The summed E-state index contributed by atoms with van der Waals surface area (Å²) >= 11 is 0. The second-order valence-electron chi connectivity index (χ2n) is 6.98. The Labute approximate surface area is 150 Å². The molecule has 1 aromatic rings. The molecule has 6 nitrogen and oxygen atoms in total. The van der Waals surface area contributed by atoms with Crippen molar-refractivity contribution in [1.82, 2.24) is 14.9 Å². The lowest BCUT2D eigenvalue weighted by atomic mass is 10.1. The molecule has 1 atom stereocenters. The van der Waals surface area contributed by atoms with Crippen molar-refractivity contribution in [2.24, 2.45) is 0 Å². The van der Waals surface area contributed by atoms with Gasteiger partial charge in [-0.15, -0.1) is 0 Å². The van der Waals surface area contributed by atoms with Gasteiger partial charge in [-0.2, -0.15) is 0 Å². The van der Waals surface area contributed by atoms with Gasteiger partial charge in [0, 0.05) is 30.7 Å². The molecule has 2 aliphatic rings. The summed E-state index contributed by atoms with van der Waals surface area (Å²) in [5, 5.41) is 3.12. The van der Waals surface area contributed by atoms with Crippen LogP contribution in [0.2, 0.25) is 0 Å². The van der Waals surface area contributed by atoms with Crippen molar-refractivity contribution < 1.29 is 13.2 Å². The lowest BCUT2D eigenvalue weighted by Crippen LogP contribution is -2.41. The number of amides is 1. The maximum atomic E-state index is 12.8. The zero-order chi connectivity index (χ0) is 17.9. The molecule has 2 N–H and O–H groups in total. The van der Waals surface area contributed by atoms with E-state index < -0.39 is 10.0 Å².